The summed E-state index contributed by atoms with van der Waals surface area (Å²) in [5, 5.41) is 0.651. The molecule has 2 heterocycles. The molecular weight excluding hydrogens is 413 g/mol. The van der Waals surface area contributed by atoms with Gasteiger partial charge in [-0.3, -0.25) is 0 Å². The summed E-state index contributed by atoms with van der Waals surface area (Å²) in [6.07, 6.45) is 1.36. The first kappa shape index (κ1) is 19.2. The first-order valence-electron chi connectivity index (χ1n) is 9.72. The molecule has 0 aliphatic heterocycles. The molecule has 8 heteroatoms. The molecule has 4 aromatic rings. The molecule has 30 heavy (non-hydrogen) atoms. The van der Waals surface area contributed by atoms with Gasteiger partial charge in [-0.1, -0.05) is 23.7 Å². The fourth-order valence-electron chi connectivity index (χ4n) is 3.71. The Morgan fingerprint density at radius 1 is 1.10 bits per heavy atom. The highest BCUT2D eigenvalue weighted by atomic mass is 35.5. The van der Waals surface area contributed by atoms with Crippen LogP contribution in [0.5, 0.6) is 0 Å². The SMILES string of the molecule is FC(F)(F)c1cccc(-c2nccn2Cc2nc3ccc(Cl)cc3n2CC2CC2)c1. The lowest BCUT2D eigenvalue weighted by Crippen LogP contribution is -2.11. The Labute approximate surface area is 175 Å². The van der Waals surface area contributed by atoms with Gasteiger partial charge in [0.25, 0.3) is 0 Å². The molecule has 0 unspecified atom stereocenters. The number of imidazole rings is 2. The summed E-state index contributed by atoms with van der Waals surface area (Å²) in [6.45, 7) is 1.27. The number of fused-ring (bicyclic) bond motifs is 1. The molecule has 0 bridgehead atoms. The van der Waals surface area contributed by atoms with Crippen molar-refractivity contribution in [2.24, 2.45) is 5.92 Å². The predicted molar refractivity (Wildman–Crippen MR) is 109 cm³/mol. The Bertz CT molecular complexity index is 1220. The van der Waals surface area contributed by atoms with E-state index in [1.807, 2.05) is 22.8 Å². The maximum absolute atomic E-state index is 13.1. The lowest BCUT2D eigenvalue weighted by atomic mass is 10.1. The van der Waals surface area contributed by atoms with Crippen molar-refractivity contribution < 1.29 is 13.2 Å². The van der Waals surface area contributed by atoms with E-state index in [4.69, 9.17) is 16.6 Å². The van der Waals surface area contributed by atoms with E-state index in [0.29, 0.717) is 28.9 Å². The molecule has 0 N–H and O–H groups in total. The average Bonchev–Trinajstić information content (AvgIpc) is 3.31. The van der Waals surface area contributed by atoms with E-state index < -0.39 is 11.7 Å². The summed E-state index contributed by atoms with van der Waals surface area (Å²) < 4.78 is 43.4. The summed E-state index contributed by atoms with van der Waals surface area (Å²) in [7, 11) is 0. The Balaban J connectivity index is 1.54. The number of aromatic nitrogens is 4. The molecule has 2 aromatic heterocycles. The Morgan fingerprint density at radius 2 is 1.93 bits per heavy atom. The largest absolute Gasteiger partial charge is 0.416 e. The highest BCUT2D eigenvalue weighted by Crippen LogP contribution is 2.34. The molecule has 2 aromatic carbocycles. The molecule has 0 saturated heterocycles. The van der Waals surface area contributed by atoms with Crippen molar-refractivity contribution in [1.82, 2.24) is 19.1 Å². The number of alkyl halides is 3. The molecule has 5 rings (SSSR count). The topological polar surface area (TPSA) is 35.6 Å². The Hall–Kier alpha value is -2.80. The average molecular weight is 431 g/mol. The minimum Gasteiger partial charge on any atom is -0.326 e. The van der Waals surface area contributed by atoms with E-state index in [1.165, 1.54) is 18.9 Å². The number of benzene rings is 2. The molecule has 0 atom stereocenters. The van der Waals surface area contributed by atoms with E-state index in [-0.39, 0.29) is 0 Å². The third-order valence-electron chi connectivity index (χ3n) is 5.40. The second kappa shape index (κ2) is 7.16. The van der Waals surface area contributed by atoms with Crippen LogP contribution in [-0.4, -0.2) is 19.1 Å². The standard InChI is InChI=1S/C22H18ClF3N4/c23-17-6-7-18-19(11-17)30(12-14-4-5-14)20(28-18)13-29-9-8-27-21(29)15-2-1-3-16(10-15)22(24,25)26/h1-3,6-11,14H,4-5,12-13H2. The molecule has 154 valence electrons. The van der Waals surface area contributed by atoms with Gasteiger partial charge in [0, 0.05) is 29.5 Å². The molecule has 0 amide bonds. The quantitative estimate of drug-likeness (QED) is 0.387. The van der Waals surface area contributed by atoms with E-state index in [9.17, 15) is 13.2 Å². The van der Waals surface area contributed by atoms with E-state index in [2.05, 4.69) is 9.55 Å². The summed E-state index contributed by atoms with van der Waals surface area (Å²) in [5.74, 6) is 1.94. The van der Waals surface area contributed by atoms with Gasteiger partial charge in [0.2, 0.25) is 0 Å². The Morgan fingerprint density at radius 3 is 2.70 bits per heavy atom. The molecular formula is C22H18ClF3N4. The maximum Gasteiger partial charge on any atom is 0.416 e. The van der Waals surface area contributed by atoms with Crippen molar-refractivity contribution in [2.75, 3.05) is 0 Å². The summed E-state index contributed by atoms with van der Waals surface area (Å²) in [4.78, 5) is 9.09. The van der Waals surface area contributed by atoms with Gasteiger partial charge >= 0.3 is 6.18 Å². The van der Waals surface area contributed by atoms with Gasteiger partial charge in [0.1, 0.15) is 11.6 Å². The smallest absolute Gasteiger partial charge is 0.326 e. The fourth-order valence-corrected chi connectivity index (χ4v) is 3.88. The lowest BCUT2D eigenvalue weighted by molar-refractivity contribution is -0.137. The third-order valence-corrected chi connectivity index (χ3v) is 5.64. The van der Waals surface area contributed by atoms with Gasteiger partial charge in [0.15, 0.2) is 0 Å². The molecule has 1 fully saturated rings. The van der Waals surface area contributed by atoms with Crippen molar-refractivity contribution in [2.45, 2.75) is 32.1 Å². The summed E-state index contributed by atoms with van der Waals surface area (Å²) in [5.41, 5.74) is 1.56. The molecule has 1 saturated carbocycles. The van der Waals surface area contributed by atoms with Crippen LogP contribution in [0.2, 0.25) is 5.02 Å². The first-order chi connectivity index (χ1) is 14.4. The van der Waals surface area contributed by atoms with Crippen molar-refractivity contribution in [3.05, 3.63) is 71.3 Å². The van der Waals surface area contributed by atoms with Crippen molar-refractivity contribution >= 4 is 22.6 Å². The Kier molecular flexibility index (Phi) is 4.58. The van der Waals surface area contributed by atoms with Gasteiger partial charge in [-0.2, -0.15) is 13.2 Å². The lowest BCUT2D eigenvalue weighted by Gasteiger charge is -2.12. The van der Waals surface area contributed by atoms with Crippen LogP contribution in [0.4, 0.5) is 13.2 Å². The van der Waals surface area contributed by atoms with E-state index in [1.54, 1.807) is 18.5 Å². The number of halogens is 4. The number of hydrogen-bond acceptors (Lipinski definition) is 2. The van der Waals surface area contributed by atoms with E-state index >= 15 is 0 Å². The predicted octanol–water partition coefficient (Wildman–Crippen LogP) is 6.03. The van der Waals surface area contributed by atoms with Crippen molar-refractivity contribution in [3.8, 4) is 11.4 Å². The van der Waals surface area contributed by atoms with E-state index in [0.717, 1.165) is 35.5 Å². The number of nitrogens with zero attached hydrogens (tertiary/aromatic N) is 4. The summed E-state index contributed by atoms with van der Waals surface area (Å²) in [6, 6.07) is 10.9. The third kappa shape index (κ3) is 3.69. The van der Waals surface area contributed by atoms with Crippen LogP contribution in [0.15, 0.2) is 54.9 Å². The van der Waals surface area contributed by atoms with Crippen LogP contribution in [0.1, 0.15) is 24.2 Å². The van der Waals surface area contributed by atoms with Crippen LogP contribution < -0.4 is 0 Å². The fraction of sp³-hybridized carbons (Fsp3) is 0.273. The van der Waals surface area contributed by atoms with Crippen LogP contribution >= 0.6 is 11.6 Å². The number of rotatable bonds is 5. The van der Waals surface area contributed by atoms with Crippen LogP contribution in [0.3, 0.4) is 0 Å². The van der Waals surface area contributed by atoms with Crippen LogP contribution in [-0.2, 0) is 19.3 Å². The van der Waals surface area contributed by atoms with Crippen molar-refractivity contribution in [1.29, 1.82) is 0 Å². The highest BCUT2D eigenvalue weighted by Gasteiger charge is 2.31. The number of hydrogen-bond donors (Lipinski definition) is 0. The maximum atomic E-state index is 13.1. The van der Waals surface area contributed by atoms with Crippen LogP contribution in [0.25, 0.3) is 22.4 Å². The zero-order valence-corrected chi connectivity index (χ0v) is 16.7. The van der Waals surface area contributed by atoms with Crippen molar-refractivity contribution in [3.63, 3.8) is 0 Å². The zero-order chi connectivity index (χ0) is 20.9. The zero-order valence-electron chi connectivity index (χ0n) is 15.9. The van der Waals surface area contributed by atoms with Gasteiger partial charge < -0.3 is 9.13 Å². The molecule has 0 spiro atoms. The summed E-state index contributed by atoms with van der Waals surface area (Å²) >= 11 is 6.20. The second-order valence-corrected chi connectivity index (χ2v) is 8.11. The molecule has 1 aliphatic rings. The van der Waals surface area contributed by atoms with Crippen LogP contribution in [0, 0.1) is 5.92 Å². The monoisotopic (exact) mass is 430 g/mol. The first-order valence-corrected chi connectivity index (χ1v) is 10.1. The molecule has 4 nitrogen and oxygen atoms in total. The second-order valence-electron chi connectivity index (χ2n) is 7.67. The normalized spacial score (nSPS) is 14.5. The molecule has 1 aliphatic carbocycles. The minimum atomic E-state index is -4.40. The highest BCUT2D eigenvalue weighted by molar-refractivity contribution is 6.31. The van der Waals surface area contributed by atoms with Gasteiger partial charge in [-0.25, -0.2) is 9.97 Å². The molecule has 0 radical (unpaired) electrons. The van der Waals surface area contributed by atoms with Gasteiger partial charge in [0.05, 0.1) is 23.1 Å². The van der Waals surface area contributed by atoms with Gasteiger partial charge in [-0.15, -0.1) is 0 Å². The van der Waals surface area contributed by atoms with Gasteiger partial charge in [-0.05, 0) is 49.1 Å². The minimum absolute atomic E-state index is 0.407.